The van der Waals surface area contributed by atoms with Crippen molar-refractivity contribution in [3.63, 3.8) is 0 Å². The highest BCUT2D eigenvalue weighted by Crippen LogP contribution is 2.49. The largest absolute Gasteiger partial charge is 0.480 e. The topological polar surface area (TPSA) is 81.2 Å². The second-order valence-electron chi connectivity index (χ2n) is 11.2. The molecular formula is C35H31N3O4S. The molecule has 2 saturated heterocycles. The van der Waals surface area contributed by atoms with E-state index >= 15 is 0 Å². The Morgan fingerprint density at radius 1 is 0.721 bits per heavy atom. The number of piperazine rings is 1. The molecule has 216 valence electrons. The average Bonchev–Trinajstić information content (AvgIpc) is 3.03. The van der Waals surface area contributed by atoms with Crippen molar-refractivity contribution in [3.05, 3.63) is 120 Å². The Morgan fingerprint density at radius 3 is 1.81 bits per heavy atom. The number of carboxylic acids is 1. The Kier molecular flexibility index (Phi) is 7.15. The van der Waals surface area contributed by atoms with Gasteiger partial charge in [-0.2, -0.15) is 0 Å². The molecule has 0 radical (unpaired) electrons. The first-order valence-electron chi connectivity index (χ1n) is 14.6. The van der Waals surface area contributed by atoms with Gasteiger partial charge in [-0.25, -0.2) is 9.59 Å². The van der Waals surface area contributed by atoms with Gasteiger partial charge in [-0.1, -0.05) is 96.7 Å². The van der Waals surface area contributed by atoms with Gasteiger partial charge in [-0.3, -0.25) is 9.69 Å². The van der Waals surface area contributed by atoms with E-state index in [-0.39, 0.29) is 24.5 Å². The fourth-order valence-corrected chi connectivity index (χ4v) is 8.00. The monoisotopic (exact) mass is 589 g/mol. The number of anilines is 2. The van der Waals surface area contributed by atoms with E-state index in [2.05, 4.69) is 0 Å². The van der Waals surface area contributed by atoms with Crippen molar-refractivity contribution in [3.8, 4) is 0 Å². The summed E-state index contributed by atoms with van der Waals surface area (Å²) in [5.74, 6) is -1.78. The van der Waals surface area contributed by atoms with Crippen molar-refractivity contribution in [1.82, 2.24) is 9.80 Å². The van der Waals surface area contributed by atoms with E-state index in [1.165, 1.54) is 4.90 Å². The number of urea groups is 1. The van der Waals surface area contributed by atoms with E-state index in [9.17, 15) is 19.5 Å². The molecular weight excluding hydrogens is 558 g/mol. The van der Waals surface area contributed by atoms with Crippen LogP contribution in [0.25, 0.3) is 0 Å². The maximum Gasteiger partial charge on any atom is 0.330 e. The molecule has 43 heavy (non-hydrogen) atoms. The van der Waals surface area contributed by atoms with E-state index < -0.39 is 24.0 Å². The number of aliphatic carboxylic acids is 1. The highest BCUT2D eigenvalue weighted by molar-refractivity contribution is 7.99. The zero-order chi connectivity index (χ0) is 29.5. The van der Waals surface area contributed by atoms with Crippen LogP contribution in [0.2, 0.25) is 0 Å². The lowest BCUT2D eigenvalue weighted by atomic mass is 9.82. The summed E-state index contributed by atoms with van der Waals surface area (Å²) in [4.78, 5) is 49.1. The summed E-state index contributed by atoms with van der Waals surface area (Å²) >= 11 is 1.60. The van der Waals surface area contributed by atoms with Gasteiger partial charge < -0.3 is 14.9 Å². The van der Waals surface area contributed by atoms with Crippen LogP contribution in [0.1, 0.15) is 36.3 Å². The van der Waals surface area contributed by atoms with Crippen molar-refractivity contribution in [2.24, 2.45) is 0 Å². The molecule has 3 heterocycles. The van der Waals surface area contributed by atoms with Crippen LogP contribution in [0.15, 0.2) is 119 Å². The Labute approximate surface area is 254 Å². The standard InChI is InChI=1S/C35H31N3O4S/c39-33(31(23-12-3-1-4-13-23)24-14-5-2-6-15-24)37-25-16-11-19-28(37)32(34(40)41)36(22-25)35(42)38-26-17-7-9-20-29(26)43-30-21-10-8-18-27(30)38/h1-10,12-15,17-18,20-21,25,28,31-32H,11,16,19,22H2,(H,40,41)/t25-,28+,32-/m0/s1. The van der Waals surface area contributed by atoms with E-state index in [0.717, 1.165) is 38.7 Å². The molecule has 3 atom stereocenters. The third-order valence-corrected chi connectivity index (χ3v) is 9.92. The van der Waals surface area contributed by atoms with Crippen molar-refractivity contribution in [1.29, 1.82) is 0 Å². The highest BCUT2D eigenvalue weighted by atomic mass is 32.2. The molecule has 3 aliphatic rings. The van der Waals surface area contributed by atoms with Crippen LogP contribution in [0.3, 0.4) is 0 Å². The Hall–Kier alpha value is -4.56. The number of hydrogen-bond acceptors (Lipinski definition) is 4. The predicted octanol–water partition coefficient (Wildman–Crippen LogP) is 6.76. The Morgan fingerprint density at radius 2 is 1.26 bits per heavy atom. The summed E-state index contributed by atoms with van der Waals surface area (Å²) in [5.41, 5.74) is 3.19. The first-order chi connectivity index (χ1) is 21.0. The zero-order valence-electron chi connectivity index (χ0n) is 23.5. The van der Waals surface area contributed by atoms with E-state index in [1.54, 1.807) is 16.7 Å². The maximum atomic E-state index is 14.6. The van der Waals surface area contributed by atoms with Gasteiger partial charge >= 0.3 is 12.0 Å². The van der Waals surface area contributed by atoms with Gasteiger partial charge in [-0.05, 0) is 54.7 Å². The Balaban J connectivity index is 1.28. The minimum Gasteiger partial charge on any atom is -0.480 e. The fourth-order valence-electron chi connectivity index (χ4n) is 6.94. The molecule has 2 fully saturated rings. The van der Waals surface area contributed by atoms with Crippen molar-refractivity contribution in [2.75, 3.05) is 11.4 Å². The van der Waals surface area contributed by atoms with Crippen molar-refractivity contribution < 1.29 is 19.5 Å². The van der Waals surface area contributed by atoms with Crippen LogP contribution in [0.5, 0.6) is 0 Å². The number of likely N-dealkylation sites (tertiary alicyclic amines) is 1. The van der Waals surface area contributed by atoms with E-state index in [4.69, 9.17) is 0 Å². The van der Waals surface area contributed by atoms with Crippen LogP contribution in [-0.2, 0) is 9.59 Å². The number of hydrogen-bond donors (Lipinski definition) is 1. The van der Waals surface area contributed by atoms with Crippen LogP contribution in [0, 0.1) is 0 Å². The highest BCUT2D eigenvalue weighted by Gasteiger charge is 2.53. The first kappa shape index (κ1) is 27.3. The number of benzene rings is 4. The predicted molar refractivity (Wildman–Crippen MR) is 166 cm³/mol. The van der Waals surface area contributed by atoms with Crippen LogP contribution in [0.4, 0.5) is 16.2 Å². The second kappa shape index (κ2) is 11.3. The van der Waals surface area contributed by atoms with Gasteiger partial charge in [0.1, 0.15) is 0 Å². The summed E-state index contributed by atoms with van der Waals surface area (Å²) in [5, 5.41) is 10.7. The van der Waals surface area contributed by atoms with Crippen molar-refractivity contribution in [2.45, 2.75) is 53.1 Å². The smallest absolute Gasteiger partial charge is 0.330 e. The third-order valence-electron chi connectivity index (χ3n) is 8.79. The number of amides is 3. The summed E-state index contributed by atoms with van der Waals surface area (Å²) in [6, 6.07) is 32.2. The molecule has 3 aliphatic heterocycles. The summed E-state index contributed by atoms with van der Waals surface area (Å²) < 4.78 is 0. The number of piperidine rings is 1. The van der Waals surface area contributed by atoms with Gasteiger partial charge in [0, 0.05) is 22.4 Å². The molecule has 0 spiro atoms. The number of carbonyl (C=O) groups is 3. The van der Waals surface area contributed by atoms with E-state index in [1.807, 2.05) is 114 Å². The Bertz CT molecular complexity index is 1600. The molecule has 0 saturated carbocycles. The number of nitrogens with zero attached hydrogens (tertiary/aromatic N) is 3. The van der Waals surface area contributed by atoms with E-state index in [0.29, 0.717) is 12.8 Å². The molecule has 7 nitrogen and oxygen atoms in total. The average molecular weight is 590 g/mol. The molecule has 7 rings (SSSR count). The van der Waals surface area contributed by atoms with Crippen LogP contribution in [-0.4, -0.2) is 57.5 Å². The molecule has 0 unspecified atom stereocenters. The zero-order valence-corrected chi connectivity index (χ0v) is 24.3. The number of rotatable bonds is 4. The molecule has 4 aromatic carbocycles. The number of para-hydroxylation sites is 2. The molecule has 1 N–H and O–H groups in total. The van der Waals surface area contributed by atoms with Gasteiger partial charge in [0.2, 0.25) is 5.91 Å². The molecule has 0 aromatic heterocycles. The second-order valence-corrected chi connectivity index (χ2v) is 12.3. The quantitative estimate of drug-likeness (QED) is 0.285. The molecule has 4 aromatic rings. The summed E-state index contributed by atoms with van der Waals surface area (Å²) in [6.45, 7) is 0.155. The number of carboxylic acid groups (broad SMARTS) is 1. The molecule has 8 heteroatoms. The SMILES string of the molecule is O=C(O)[C@@H]1[C@H]2CCC[C@@H](CN1C(=O)N1c3ccccc3Sc3ccccc31)N2C(=O)C(c1ccccc1)c1ccccc1. The minimum atomic E-state index is -1.17. The lowest BCUT2D eigenvalue weighted by Gasteiger charge is -2.54. The summed E-state index contributed by atoms with van der Waals surface area (Å²) in [6.07, 6.45) is 2.03. The minimum absolute atomic E-state index is 0.115. The van der Waals surface area contributed by atoms with Gasteiger partial charge in [0.05, 0.1) is 23.3 Å². The first-order valence-corrected chi connectivity index (χ1v) is 15.5. The summed E-state index contributed by atoms with van der Waals surface area (Å²) in [7, 11) is 0. The molecule has 2 bridgehead atoms. The number of carbonyl (C=O) groups excluding carboxylic acids is 2. The van der Waals surface area contributed by atoms with Gasteiger partial charge in [0.25, 0.3) is 0 Å². The normalized spacial score (nSPS) is 20.8. The van der Waals surface area contributed by atoms with Crippen LogP contribution < -0.4 is 4.90 Å². The van der Waals surface area contributed by atoms with Crippen molar-refractivity contribution >= 4 is 41.0 Å². The molecule has 3 amide bonds. The lowest BCUT2D eigenvalue weighted by molar-refractivity contribution is -0.158. The van der Waals surface area contributed by atoms with Crippen LogP contribution >= 0.6 is 11.8 Å². The third kappa shape index (κ3) is 4.76. The van der Waals surface area contributed by atoms with Gasteiger partial charge in [0.15, 0.2) is 6.04 Å². The fraction of sp³-hybridized carbons (Fsp3) is 0.229. The maximum absolute atomic E-state index is 14.6. The number of fused-ring (bicyclic) bond motifs is 4. The van der Waals surface area contributed by atoms with Gasteiger partial charge in [-0.15, -0.1) is 0 Å². The molecule has 0 aliphatic carbocycles. The lowest BCUT2D eigenvalue weighted by Crippen LogP contribution is -2.71.